The van der Waals surface area contributed by atoms with E-state index in [0.717, 1.165) is 6.61 Å². The summed E-state index contributed by atoms with van der Waals surface area (Å²) < 4.78 is 9.39. The molecule has 10 heavy (non-hydrogen) atoms. The normalized spacial score (nSPS) is 24.6. The monoisotopic (exact) mass is 157 g/mol. The van der Waals surface area contributed by atoms with E-state index in [9.17, 15) is 0 Å². The average Bonchev–Trinajstić information content (AvgIpc) is 1.94. The van der Waals surface area contributed by atoms with Crippen molar-refractivity contribution in [3.05, 3.63) is 11.6 Å². The van der Waals surface area contributed by atoms with Crippen LogP contribution in [-0.4, -0.2) is 18.3 Å². The summed E-state index contributed by atoms with van der Waals surface area (Å²) in [5.74, 6) is 0. The van der Waals surface area contributed by atoms with Gasteiger partial charge >= 0.3 is 0 Å². The highest BCUT2D eigenvalue weighted by Gasteiger charge is 2.12. The Morgan fingerprint density at radius 1 is 1.80 bits per heavy atom. The van der Waals surface area contributed by atoms with Crippen LogP contribution in [0.2, 0.25) is 0 Å². The van der Waals surface area contributed by atoms with Crippen molar-refractivity contribution in [2.24, 2.45) is 4.40 Å². The molecule has 0 spiro atoms. The zero-order valence-corrected chi connectivity index (χ0v) is 7.02. The molecule has 0 radical (unpaired) electrons. The molecule has 2 nitrogen and oxygen atoms in total. The first kappa shape index (κ1) is 7.82. The molecule has 0 bridgehead atoms. The third-order valence-electron chi connectivity index (χ3n) is 1.24. The van der Waals surface area contributed by atoms with Gasteiger partial charge in [0.2, 0.25) is 0 Å². The molecule has 0 saturated heterocycles. The van der Waals surface area contributed by atoms with Crippen LogP contribution in [0.5, 0.6) is 0 Å². The molecule has 0 aliphatic carbocycles. The Labute approximate surface area is 65.5 Å². The van der Waals surface area contributed by atoms with Crippen molar-refractivity contribution in [2.45, 2.75) is 19.3 Å². The highest BCUT2D eigenvalue weighted by atomic mass is 32.2. The topological polar surface area (TPSA) is 21.6 Å². The molecule has 0 saturated carbocycles. The van der Waals surface area contributed by atoms with Crippen LogP contribution in [0.15, 0.2) is 16.0 Å². The van der Waals surface area contributed by atoms with Crippen molar-refractivity contribution in [1.82, 2.24) is 0 Å². The molecule has 0 fully saturated rings. The molecule has 1 heterocycles. The molecule has 0 aromatic rings. The Kier molecular flexibility index (Phi) is 2.96. The fourth-order valence-corrected chi connectivity index (χ4v) is 1.40. The van der Waals surface area contributed by atoms with Crippen LogP contribution in [0.3, 0.4) is 0 Å². The van der Waals surface area contributed by atoms with E-state index in [1.54, 1.807) is 6.21 Å². The van der Waals surface area contributed by atoms with Crippen LogP contribution in [0.1, 0.15) is 13.8 Å². The lowest BCUT2D eigenvalue weighted by molar-refractivity contribution is 0.147. The minimum Gasteiger partial charge on any atom is -0.362 e. The molecule has 0 unspecified atom stereocenters. The molecule has 0 amide bonds. The molecule has 1 aliphatic rings. The summed E-state index contributed by atoms with van der Waals surface area (Å²) in [6, 6.07) is 0. The summed E-state index contributed by atoms with van der Waals surface area (Å²) in [6.07, 6.45) is 3.78. The second kappa shape index (κ2) is 3.78. The Bertz CT molecular complexity index is 165. The highest BCUT2D eigenvalue weighted by molar-refractivity contribution is 7.98. The maximum Gasteiger partial charge on any atom is 0.145 e. The van der Waals surface area contributed by atoms with Gasteiger partial charge in [-0.1, -0.05) is 0 Å². The zero-order chi connectivity index (χ0) is 7.40. The van der Waals surface area contributed by atoms with Gasteiger partial charge in [0.1, 0.15) is 5.44 Å². The Morgan fingerprint density at radius 3 is 3.20 bits per heavy atom. The van der Waals surface area contributed by atoms with Gasteiger partial charge in [-0.2, -0.15) is 0 Å². The van der Waals surface area contributed by atoms with Crippen LogP contribution >= 0.6 is 11.9 Å². The summed E-state index contributed by atoms with van der Waals surface area (Å²) in [6.45, 7) is 4.79. The van der Waals surface area contributed by atoms with Gasteiger partial charge in [0.25, 0.3) is 0 Å². The number of nitrogens with zero attached hydrogens (tertiary/aromatic N) is 1. The lowest BCUT2D eigenvalue weighted by Gasteiger charge is -2.15. The predicted octanol–water partition coefficient (Wildman–Crippen LogP) is 2.03. The van der Waals surface area contributed by atoms with Gasteiger partial charge in [-0.05, 0) is 25.5 Å². The second-order valence-electron chi connectivity index (χ2n) is 2.06. The molecular formula is C7H11NOS. The van der Waals surface area contributed by atoms with E-state index >= 15 is 0 Å². The lowest BCUT2D eigenvalue weighted by atomic mass is 10.3. The van der Waals surface area contributed by atoms with Gasteiger partial charge in [0.05, 0.1) is 0 Å². The van der Waals surface area contributed by atoms with Gasteiger partial charge in [-0.15, -0.1) is 0 Å². The Hall–Kier alpha value is -0.280. The molecular weight excluding hydrogens is 146 g/mol. The van der Waals surface area contributed by atoms with Crippen molar-refractivity contribution in [3.63, 3.8) is 0 Å². The van der Waals surface area contributed by atoms with Gasteiger partial charge in [0, 0.05) is 24.8 Å². The minimum absolute atomic E-state index is 0.148. The fourth-order valence-electron chi connectivity index (χ4n) is 0.713. The van der Waals surface area contributed by atoms with Crippen molar-refractivity contribution < 1.29 is 4.74 Å². The van der Waals surface area contributed by atoms with Gasteiger partial charge in [-0.25, -0.2) is 4.40 Å². The Balaban J connectivity index is 2.47. The fraction of sp³-hybridized carbons (Fsp3) is 0.571. The molecule has 56 valence electrons. The van der Waals surface area contributed by atoms with Crippen LogP contribution in [-0.2, 0) is 4.74 Å². The van der Waals surface area contributed by atoms with Gasteiger partial charge in [-0.3, -0.25) is 0 Å². The van der Waals surface area contributed by atoms with E-state index in [1.165, 1.54) is 17.5 Å². The van der Waals surface area contributed by atoms with Crippen molar-refractivity contribution in [1.29, 1.82) is 0 Å². The largest absolute Gasteiger partial charge is 0.362 e. The van der Waals surface area contributed by atoms with Crippen LogP contribution in [0.25, 0.3) is 0 Å². The molecule has 1 atom stereocenters. The standard InChI is InChI=1S/C7H11NOS/c1-3-9-7-6(2)4-5-8-10-7/h4-5,7H,3H2,1-2H3/t7-/m0/s1. The molecule has 3 heteroatoms. The predicted molar refractivity (Wildman–Crippen MR) is 45.3 cm³/mol. The number of rotatable bonds is 2. The molecule has 0 aromatic heterocycles. The van der Waals surface area contributed by atoms with Gasteiger partial charge < -0.3 is 4.74 Å². The molecule has 0 N–H and O–H groups in total. The summed E-state index contributed by atoms with van der Waals surface area (Å²) in [7, 11) is 0. The second-order valence-corrected chi connectivity index (χ2v) is 2.91. The van der Waals surface area contributed by atoms with Crippen molar-refractivity contribution in [3.8, 4) is 0 Å². The third kappa shape index (κ3) is 1.85. The molecule has 1 aliphatic heterocycles. The minimum atomic E-state index is 0.148. The van der Waals surface area contributed by atoms with Crippen LogP contribution < -0.4 is 0 Å². The van der Waals surface area contributed by atoms with Crippen LogP contribution in [0, 0.1) is 0 Å². The first-order valence-electron chi connectivity index (χ1n) is 3.32. The van der Waals surface area contributed by atoms with E-state index < -0.39 is 0 Å². The quantitative estimate of drug-likeness (QED) is 0.572. The lowest BCUT2D eigenvalue weighted by Crippen LogP contribution is -2.10. The van der Waals surface area contributed by atoms with E-state index in [-0.39, 0.29) is 5.44 Å². The van der Waals surface area contributed by atoms with Gasteiger partial charge in [0.15, 0.2) is 0 Å². The van der Waals surface area contributed by atoms with E-state index in [4.69, 9.17) is 4.74 Å². The number of hydrogen-bond donors (Lipinski definition) is 0. The molecule has 1 rings (SSSR count). The third-order valence-corrected chi connectivity index (χ3v) is 2.19. The SMILES string of the molecule is CCO[C@H]1SN=CC=C1C. The van der Waals surface area contributed by atoms with E-state index in [0.29, 0.717) is 0 Å². The molecule has 0 aromatic carbocycles. The maximum atomic E-state index is 5.38. The van der Waals surface area contributed by atoms with Crippen LogP contribution in [0.4, 0.5) is 0 Å². The summed E-state index contributed by atoms with van der Waals surface area (Å²) in [5.41, 5.74) is 1.39. The summed E-state index contributed by atoms with van der Waals surface area (Å²) in [4.78, 5) is 0. The first-order chi connectivity index (χ1) is 4.84. The summed E-state index contributed by atoms with van der Waals surface area (Å²) in [5, 5.41) is 0. The van der Waals surface area contributed by atoms with Crippen molar-refractivity contribution in [2.75, 3.05) is 6.61 Å². The smallest absolute Gasteiger partial charge is 0.145 e. The average molecular weight is 157 g/mol. The maximum absolute atomic E-state index is 5.38. The van der Waals surface area contributed by atoms with E-state index in [1.807, 2.05) is 13.0 Å². The highest BCUT2D eigenvalue weighted by Crippen LogP contribution is 2.23. The van der Waals surface area contributed by atoms with E-state index in [2.05, 4.69) is 11.3 Å². The number of hydrogen-bond acceptors (Lipinski definition) is 3. The first-order valence-corrected chi connectivity index (χ1v) is 4.16. The number of allylic oxidation sites excluding steroid dienone is 1. The summed E-state index contributed by atoms with van der Waals surface area (Å²) >= 11 is 1.47. The van der Waals surface area contributed by atoms with Crippen molar-refractivity contribution >= 4 is 18.2 Å². The Morgan fingerprint density at radius 2 is 2.60 bits per heavy atom. The zero-order valence-electron chi connectivity index (χ0n) is 6.20. The number of ether oxygens (including phenoxy) is 1.